The normalized spacial score (nSPS) is 11.8. The molecule has 3 aromatic heterocycles. The number of primary amides is 1. The van der Waals surface area contributed by atoms with Gasteiger partial charge in [-0.05, 0) is 41.4 Å². The molecule has 3 N–H and O–H groups in total. The second-order valence-corrected chi connectivity index (χ2v) is 7.79. The molecule has 7 nitrogen and oxygen atoms in total. The number of hydrogen-bond donors (Lipinski definition) is 2. The lowest BCUT2D eigenvalue weighted by Gasteiger charge is -2.10. The molecule has 0 atom stereocenters. The van der Waals surface area contributed by atoms with E-state index in [4.69, 9.17) is 5.73 Å². The van der Waals surface area contributed by atoms with E-state index in [1.165, 1.54) is 11.6 Å². The van der Waals surface area contributed by atoms with Crippen molar-refractivity contribution in [3.05, 3.63) is 38.1 Å². The van der Waals surface area contributed by atoms with Gasteiger partial charge in [-0.15, -0.1) is 11.3 Å². The third kappa shape index (κ3) is 3.37. The fourth-order valence-corrected chi connectivity index (χ4v) is 4.35. The fraction of sp³-hybridized carbons (Fsp3) is 0.250. The third-order valence-electron chi connectivity index (χ3n) is 3.98. The molecule has 0 radical (unpaired) electrons. The Bertz CT molecular complexity index is 1140. The molecule has 148 valence electrons. The number of pyridine rings is 1. The molecule has 12 heteroatoms. The third-order valence-corrected chi connectivity index (χ3v) is 6.02. The summed E-state index contributed by atoms with van der Waals surface area (Å²) >= 11 is 3.97. The monoisotopic (exact) mass is 475 g/mol. The first-order valence-corrected chi connectivity index (χ1v) is 9.34. The van der Waals surface area contributed by atoms with Crippen molar-refractivity contribution in [1.82, 2.24) is 14.8 Å². The van der Waals surface area contributed by atoms with Crippen LogP contribution in [-0.2, 0) is 13.2 Å². The number of nitrogens with two attached hydrogens (primary N) is 1. The number of carbonyl (C=O) groups excluding carboxylic acids is 2. The van der Waals surface area contributed by atoms with E-state index in [-0.39, 0.29) is 32.0 Å². The van der Waals surface area contributed by atoms with Crippen LogP contribution in [0.1, 0.15) is 37.1 Å². The molecule has 3 aromatic rings. The van der Waals surface area contributed by atoms with Gasteiger partial charge in [0.05, 0.1) is 15.9 Å². The molecule has 0 spiro atoms. The largest absolute Gasteiger partial charge is 0.433 e. The molecule has 3 rings (SSSR count). The van der Waals surface area contributed by atoms with Gasteiger partial charge in [-0.2, -0.15) is 18.3 Å². The molecule has 3 heterocycles. The number of alkyl halides is 3. The van der Waals surface area contributed by atoms with Crippen molar-refractivity contribution in [1.29, 1.82) is 0 Å². The van der Waals surface area contributed by atoms with Crippen molar-refractivity contribution in [3.63, 3.8) is 0 Å². The van der Waals surface area contributed by atoms with E-state index in [0.29, 0.717) is 21.5 Å². The molecule has 0 saturated carbocycles. The number of thiophene rings is 1. The van der Waals surface area contributed by atoms with Gasteiger partial charge in [-0.1, -0.05) is 0 Å². The van der Waals surface area contributed by atoms with E-state index >= 15 is 0 Å². The molecular weight excluding hydrogens is 463 g/mol. The molecule has 0 aromatic carbocycles. The summed E-state index contributed by atoms with van der Waals surface area (Å²) in [6.45, 7) is 3.14. The SMILES string of the molecule is Cc1nn(C)c(C(=O)Nc2c(C(N)=O)sc3nc(C(F)(F)F)cc(C)c23)c1Br. The van der Waals surface area contributed by atoms with Gasteiger partial charge < -0.3 is 11.1 Å². The summed E-state index contributed by atoms with van der Waals surface area (Å²) in [5.74, 6) is -1.48. The number of aromatic nitrogens is 3. The van der Waals surface area contributed by atoms with Gasteiger partial charge in [-0.3, -0.25) is 14.3 Å². The lowest BCUT2D eigenvalue weighted by Crippen LogP contribution is -2.19. The molecule has 0 saturated heterocycles. The number of fused-ring (bicyclic) bond motifs is 1. The smallest absolute Gasteiger partial charge is 0.365 e. The van der Waals surface area contributed by atoms with E-state index in [2.05, 4.69) is 31.3 Å². The highest BCUT2D eigenvalue weighted by molar-refractivity contribution is 9.10. The zero-order chi connectivity index (χ0) is 21.0. The van der Waals surface area contributed by atoms with Crippen molar-refractivity contribution < 1.29 is 22.8 Å². The van der Waals surface area contributed by atoms with Crippen LogP contribution in [0, 0.1) is 13.8 Å². The molecule has 28 heavy (non-hydrogen) atoms. The molecule has 0 aliphatic carbocycles. The standard InChI is InChI=1S/C16H13BrF3N5O2S/c1-5-4-7(16(18,19)20)22-15-8(5)10(12(28-15)13(21)26)23-14(27)11-9(17)6(2)24-25(11)3/h4H,1-3H3,(H2,21,26)(H,23,27). The second-order valence-electron chi connectivity index (χ2n) is 6.00. The van der Waals surface area contributed by atoms with Gasteiger partial charge >= 0.3 is 6.18 Å². The number of hydrogen-bond acceptors (Lipinski definition) is 5. The Kier molecular flexibility index (Phi) is 4.96. The second kappa shape index (κ2) is 6.85. The van der Waals surface area contributed by atoms with E-state index in [1.54, 1.807) is 14.0 Å². The summed E-state index contributed by atoms with van der Waals surface area (Å²) in [6.07, 6.45) is -4.64. The minimum atomic E-state index is -4.64. The van der Waals surface area contributed by atoms with Crippen molar-refractivity contribution in [2.45, 2.75) is 20.0 Å². The van der Waals surface area contributed by atoms with E-state index < -0.39 is 23.7 Å². The highest BCUT2D eigenvalue weighted by Gasteiger charge is 2.34. The number of halogens is 4. The van der Waals surface area contributed by atoms with Gasteiger partial charge in [0.2, 0.25) is 0 Å². The van der Waals surface area contributed by atoms with Crippen LogP contribution in [0.4, 0.5) is 18.9 Å². The summed E-state index contributed by atoms with van der Waals surface area (Å²) in [6, 6.07) is 0.861. The molecule has 0 unspecified atom stereocenters. The molecular formula is C16H13BrF3N5O2S. The topological polar surface area (TPSA) is 103 Å². The van der Waals surface area contributed by atoms with Gasteiger partial charge in [0.25, 0.3) is 11.8 Å². The summed E-state index contributed by atoms with van der Waals surface area (Å²) in [4.78, 5) is 28.1. The van der Waals surface area contributed by atoms with Gasteiger partial charge in [0, 0.05) is 12.4 Å². The Morgan fingerprint density at radius 3 is 2.46 bits per heavy atom. The fourth-order valence-electron chi connectivity index (χ4n) is 2.77. The molecule has 0 fully saturated rings. The first-order chi connectivity index (χ1) is 12.9. The van der Waals surface area contributed by atoms with Gasteiger partial charge in [0.1, 0.15) is 21.1 Å². The average molecular weight is 476 g/mol. The maximum absolute atomic E-state index is 13.1. The van der Waals surface area contributed by atoms with E-state index in [0.717, 1.165) is 6.07 Å². The summed E-state index contributed by atoms with van der Waals surface area (Å²) in [7, 11) is 1.57. The minimum absolute atomic E-state index is 0.0296. The Morgan fingerprint density at radius 2 is 1.96 bits per heavy atom. The van der Waals surface area contributed by atoms with Crippen molar-refractivity contribution in [3.8, 4) is 0 Å². The Morgan fingerprint density at radius 1 is 1.32 bits per heavy atom. The van der Waals surface area contributed by atoms with Crippen LogP contribution in [0.2, 0.25) is 0 Å². The van der Waals surface area contributed by atoms with Crippen LogP contribution in [0.15, 0.2) is 10.5 Å². The predicted molar refractivity (Wildman–Crippen MR) is 101 cm³/mol. The van der Waals surface area contributed by atoms with Crippen LogP contribution < -0.4 is 11.1 Å². The lowest BCUT2D eigenvalue weighted by molar-refractivity contribution is -0.141. The summed E-state index contributed by atoms with van der Waals surface area (Å²) in [5.41, 5.74) is 5.28. The Balaban J connectivity index is 2.18. The quantitative estimate of drug-likeness (QED) is 0.601. The van der Waals surface area contributed by atoms with Gasteiger partial charge in [-0.25, -0.2) is 4.98 Å². The number of amides is 2. The van der Waals surface area contributed by atoms with Crippen LogP contribution in [0.3, 0.4) is 0 Å². The van der Waals surface area contributed by atoms with Gasteiger partial charge in [0.15, 0.2) is 0 Å². The average Bonchev–Trinajstić information content (AvgIpc) is 3.04. The summed E-state index contributed by atoms with van der Waals surface area (Å²) in [5, 5.41) is 6.93. The number of anilines is 1. The highest BCUT2D eigenvalue weighted by Crippen LogP contribution is 2.40. The zero-order valence-electron chi connectivity index (χ0n) is 14.7. The molecule has 0 aliphatic heterocycles. The van der Waals surface area contributed by atoms with Crippen LogP contribution in [-0.4, -0.2) is 26.6 Å². The van der Waals surface area contributed by atoms with Crippen molar-refractivity contribution in [2.24, 2.45) is 12.8 Å². The molecule has 0 bridgehead atoms. The van der Waals surface area contributed by atoms with Crippen LogP contribution in [0.25, 0.3) is 10.2 Å². The number of nitrogens with zero attached hydrogens (tertiary/aromatic N) is 3. The maximum atomic E-state index is 13.1. The van der Waals surface area contributed by atoms with Crippen LogP contribution in [0.5, 0.6) is 0 Å². The Hall–Kier alpha value is -2.47. The number of aryl methyl sites for hydroxylation is 3. The minimum Gasteiger partial charge on any atom is -0.365 e. The Labute approximate surface area is 168 Å². The predicted octanol–water partition coefficient (Wildman–Crippen LogP) is 3.78. The van der Waals surface area contributed by atoms with Crippen molar-refractivity contribution in [2.75, 3.05) is 5.32 Å². The maximum Gasteiger partial charge on any atom is 0.433 e. The van der Waals surface area contributed by atoms with E-state index in [9.17, 15) is 22.8 Å². The summed E-state index contributed by atoms with van der Waals surface area (Å²) < 4.78 is 41.0. The number of rotatable bonds is 3. The molecule has 2 amide bonds. The van der Waals surface area contributed by atoms with E-state index in [1.807, 2.05) is 0 Å². The highest BCUT2D eigenvalue weighted by atomic mass is 79.9. The first-order valence-electron chi connectivity index (χ1n) is 7.73. The first kappa shape index (κ1) is 20.3. The zero-order valence-corrected chi connectivity index (χ0v) is 17.1. The lowest BCUT2D eigenvalue weighted by atomic mass is 10.1. The molecule has 0 aliphatic rings. The number of carbonyl (C=O) groups is 2. The van der Waals surface area contributed by atoms with Crippen LogP contribution >= 0.6 is 27.3 Å². The number of nitrogens with one attached hydrogen (secondary N) is 1. The van der Waals surface area contributed by atoms with Crippen molar-refractivity contribution >= 4 is 55.0 Å².